The summed E-state index contributed by atoms with van der Waals surface area (Å²) in [5, 5.41) is 10.2. The Labute approximate surface area is 136 Å². The van der Waals surface area contributed by atoms with Gasteiger partial charge in [0.15, 0.2) is 5.16 Å². The van der Waals surface area contributed by atoms with Crippen LogP contribution < -0.4 is 5.56 Å². The van der Waals surface area contributed by atoms with Crippen molar-refractivity contribution in [1.82, 2.24) is 9.97 Å². The van der Waals surface area contributed by atoms with Gasteiger partial charge in [0, 0.05) is 21.1 Å². The molecule has 1 heterocycles. The third-order valence-electron chi connectivity index (χ3n) is 2.92. The molecule has 2 rings (SSSR count). The number of hydrogen-bond donors (Lipinski definition) is 2. The zero-order valence-electron chi connectivity index (χ0n) is 11.9. The molecule has 1 aromatic carbocycles. The predicted molar refractivity (Wildman–Crippen MR) is 87.8 cm³/mol. The summed E-state index contributed by atoms with van der Waals surface area (Å²) < 4.78 is 0.870. The van der Waals surface area contributed by atoms with Crippen molar-refractivity contribution >= 4 is 27.7 Å². The van der Waals surface area contributed by atoms with Gasteiger partial charge in [-0.15, -0.1) is 0 Å². The zero-order chi connectivity index (χ0) is 15.4. The van der Waals surface area contributed by atoms with E-state index in [0.29, 0.717) is 5.16 Å². The molecular weight excluding hydrogens is 352 g/mol. The van der Waals surface area contributed by atoms with E-state index in [1.54, 1.807) is 13.0 Å². The van der Waals surface area contributed by atoms with Crippen LogP contribution >= 0.6 is 27.7 Å². The van der Waals surface area contributed by atoms with E-state index >= 15 is 0 Å². The number of aromatic nitrogens is 2. The van der Waals surface area contributed by atoms with Gasteiger partial charge in [-0.25, -0.2) is 4.98 Å². The number of rotatable bonds is 5. The Morgan fingerprint density at radius 2 is 2.19 bits per heavy atom. The quantitative estimate of drug-likeness (QED) is 0.789. The smallest absolute Gasteiger partial charge is 0.251 e. The lowest BCUT2D eigenvalue weighted by Gasteiger charge is -2.09. The molecule has 0 saturated carbocycles. The number of H-pyrrole nitrogens is 1. The van der Waals surface area contributed by atoms with Crippen LogP contribution in [0, 0.1) is 0 Å². The van der Waals surface area contributed by atoms with E-state index in [1.807, 2.05) is 18.2 Å². The lowest BCUT2D eigenvalue weighted by Crippen LogP contribution is -2.09. The van der Waals surface area contributed by atoms with Gasteiger partial charge in [0.2, 0.25) is 0 Å². The van der Waals surface area contributed by atoms with Gasteiger partial charge in [0.05, 0.1) is 6.10 Å². The van der Waals surface area contributed by atoms with E-state index < -0.39 is 6.10 Å². The Balaban J connectivity index is 2.27. The first-order valence-electron chi connectivity index (χ1n) is 6.75. The highest BCUT2D eigenvalue weighted by Gasteiger charge is 2.09. The van der Waals surface area contributed by atoms with Gasteiger partial charge in [-0.05, 0) is 47.0 Å². The molecule has 1 atom stereocenters. The fourth-order valence-corrected chi connectivity index (χ4v) is 3.33. The first-order chi connectivity index (χ1) is 9.99. The molecule has 21 heavy (non-hydrogen) atoms. The molecule has 0 aliphatic rings. The average Bonchev–Trinajstić information content (AvgIpc) is 2.40. The number of aromatic amines is 1. The van der Waals surface area contributed by atoms with Gasteiger partial charge >= 0.3 is 0 Å². The van der Waals surface area contributed by atoms with Crippen molar-refractivity contribution in [2.75, 3.05) is 0 Å². The molecule has 0 aliphatic carbocycles. The van der Waals surface area contributed by atoms with E-state index in [-0.39, 0.29) is 5.56 Å². The van der Waals surface area contributed by atoms with Crippen LogP contribution in [0.4, 0.5) is 0 Å². The molecule has 1 aromatic heterocycles. The third-order valence-corrected chi connectivity index (χ3v) is 4.81. The van der Waals surface area contributed by atoms with Crippen molar-refractivity contribution < 1.29 is 5.11 Å². The summed E-state index contributed by atoms with van der Waals surface area (Å²) in [4.78, 5) is 19.8. The maximum absolute atomic E-state index is 11.7. The second-order valence-corrected chi connectivity index (χ2v) is 6.64. The SMILES string of the molecule is CCCc1cc(=O)[nH]c(Sc2ccc([C@H](C)O)cc2Br)n1. The van der Waals surface area contributed by atoms with Crippen molar-refractivity contribution in [2.24, 2.45) is 0 Å². The Bertz CT molecular complexity index is 686. The minimum Gasteiger partial charge on any atom is -0.389 e. The van der Waals surface area contributed by atoms with Crippen molar-refractivity contribution in [2.45, 2.75) is 42.8 Å². The largest absolute Gasteiger partial charge is 0.389 e. The highest BCUT2D eigenvalue weighted by atomic mass is 79.9. The topological polar surface area (TPSA) is 66.0 Å². The van der Waals surface area contributed by atoms with Gasteiger partial charge in [0.25, 0.3) is 5.56 Å². The van der Waals surface area contributed by atoms with E-state index in [0.717, 1.165) is 33.5 Å². The molecule has 0 radical (unpaired) electrons. The number of nitrogens with zero attached hydrogens (tertiary/aromatic N) is 1. The molecule has 0 saturated heterocycles. The first kappa shape index (κ1) is 16.3. The maximum Gasteiger partial charge on any atom is 0.251 e. The van der Waals surface area contributed by atoms with Crippen LogP contribution in [0.3, 0.4) is 0 Å². The summed E-state index contributed by atoms with van der Waals surface area (Å²) in [7, 11) is 0. The summed E-state index contributed by atoms with van der Waals surface area (Å²) in [5.41, 5.74) is 1.51. The molecule has 2 N–H and O–H groups in total. The second-order valence-electron chi connectivity index (χ2n) is 4.76. The standard InChI is InChI=1S/C15H17BrN2O2S/c1-3-4-11-8-14(20)18-15(17-11)21-13-6-5-10(9(2)19)7-12(13)16/h5-9,19H,3-4H2,1-2H3,(H,17,18,20)/t9-/m0/s1. The highest BCUT2D eigenvalue weighted by Crippen LogP contribution is 2.33. The predicted octanol–water partition coefficient (Wildman–Crippen LogP) is 3.69. The molecule has 0 bridgehead atoms. The van der Waals surface area contributed by atoms with Gasteiger partial charge in [-0.1, -0.05) is 31.2 Å². The summed E-state index contributed by atoms with van der Waals surface area (Å²) in [5.74, 6) is 0. The monoisotopic (exact) mass is 368 g/mol. The fourth-order valence-electron chi connectivity index (χ4n) is 1.88. The third kappa shape index (κ3) is 4.43. The second kappa shape index (κ2) is 7.24. The molecule has 4 nitrogen and oxygen atoms in total. The molecule has 0 aliphatic heterocycles. The normalized spacial score (nSPS) is 12.4. The van der Waals surface area contributed by atoms with Crippen molar-refractivity contribution in [3.05, 3.63) is 50.3 Å². The molecule has 0 fully saturated rings. The maximum atomic E-state index is 11.7. The Morgan fingerprint density at radius 1 is 1.43 bits per heavy atom. The summed E-state index contributed by atoms with van der Waals surface area (Å²) in [6.07, 6.45) is 1.23. The van der Waals surface area contributed by atoms with Crippen LogP contribution in [0.1, 0.15) is 37.6 Å². The van der Waals surface area contributed by atoms with Crippen LogP contribution in [0.5, 0.6) is 0 Å². The fraction of sp³-hybridized carbons (Fsp3) is 0.333. The van der Waals surface area contributed by atoms with Gasteiger partial charge < -0.3 is 10.1 Å². The number of aliphatic hydroxyl groups is 1. The molecule has 112 valence electrons. The molecular formula is C15H17BrN2O2S. The number of aliphatic hydroxyl groups excluding tert-OH is 1. The Hall–Kier alpha value is -1.11. The molecule has 2 aromatic rings. The number of benzene rings is 1. The van der Waals surface area contributed by atoms with Crippen molar-refractivity contribution in [3.8, 4) is 0 Å². The van der Waals surface area contributed by atoms with E-state index in [2.05, 4.69) is 32.8 Å². The highest BCUT2D eigenvalue weighted by molar-refractivity contribution is 9.10. The number of nitrogens with one attached hydrogen (secondary N) is 1. The summed E-state index contributed by atoms with van der Waals surface area (Å²) >= 11 is 4.88. The molecule has 0 spiro atoms. The molecule has 0 amide bonds. The van der Waals surface area contributed by atoms with Crippen molar-refractivity contribution in [1.29, 1.82) is 0 Å². The van der Waals surface area contributed by atoms with Crippen LogP contribution in [0.2, 0.25) is 0 Å². The van der Waals surface area contributed by atoms with Gasteiger partial charge in [-0.3, -0.25) is 4.79 Å². The van der Waals surface area contributed by atoms with E-state index in [4.69, 9.17) is 0 Å². The number of aryl methyl sites for hydroxylation is 1. The van der Waals surface area contributed by atoms with Crippen LogP contribution in [0.25, 0.3) is 0 Å². The summed E-state index contributed by atoms with van der Waals surface area (Å²) in [6, 6.07) is 7.19. The van der Waals surface area contributed by atoms with E-state index in [9.17, 15) is 9.90 Å². The van der Waals surface area contributed by atoms with Crippen LogP contribution in [-0.2, 0) is 6.42 Å². The summed E-state index contributed by atoms with van der Waals surface area (Å²) in [6.45, 7) is 3.78. The van der Waals surface area contributed by atoms with E-state index in [1.165, 1.54) is 11.8 Å². The van der Waals surface area contributed by atoms with Crippen LogP contribution in [0.15, 0.2) is 43.6 Å². The van der Waals surface area contributed by atoms with Gasteiger partial charge in [0.1, 0.15) is 0 Å². The van der Waals surface area contributed by atoms with Gasteiger partial charge in [-0.2, -0.15) is 0 Å². The van der Waals surface area contributed by atoms with Crippen molar-refractivity contribution in [3.63, 3.8) is 0 Å². The Kier molecular flexibility index (Phi) is 5.61. The number of halogens is 1. The lowest BCUT2D eigenvalue weighted by molar-refractivity contribution is 0.199. The van der Waals surface area contributed by atoms with Crippen LogP contribution in [-0.4, -0.2) is 15.1 Å². The lowest BCUT2D eigenvalue weighted by atomic mass is 10.1. The minimum absolute atomic E-state index is 0.132. The zero-order valence-corrected chi connectivity index (χ0v) is 14.3. The molecule has 6 heteroatoms. The minimum atomic E-state index is -0.508. The molecule has 0 unspecified atom stereocenters. The number of hydrogen-bond acceptors (Lipinski definition) is 4. The first-order valence-corrected chi connectivity index (χ1v) is 8.36. The Morgan fingerprint density at radius 3 is 2.81 bits per heavy atom. The average molecular weight is 369 g/mol.